The highest BCUT2D eigenvalue weighted by molar-refractivity contribution is 6.35. The van der Waals surface area contributed by atoms with E-state index in [1.165, 1.54) is 5.56 Å². The van der Waals surface area contributed by atoms with E-state index in [0.717, 1.165) is 17.8 Å². The predicted molar refractivity (Wildman–Crippen MR) is 76.0 cm³/mol. The molecule has 0 aliphatic heterocycles. The lowest BCUT2D eigenvalue weighted by Crippen LogP contribution is -2.14. The summed E-state index contributed by atoms with van der Waals surface area (Å²) in [5.74, 6) is 0. The van der Waals surface area contributed by atoms with Gasteiger partial charge in [-0.3, -0.25) is 4.98 Å². The smallest absolute Gasteiger partial charge is 0.0570 e. The van der Waals surface area contributed by atoms with Crippen molar-refractivity contribution in [2.24, 2.45) is 0 Å². The standard InChI is InChI=1S/C14H14Cl2N2/c1-10-3-2-6-18-14(10)9-17-8-11-4-5-12(15)7-13(11)16/h2-7,17H,8-9H2,1H3. The second kappa shape index (κ2) is 6.19. The summed E-state index contributed by atoms with van der Waals surface area (Å²) in [5.41, 5.74) is 3.28. The van der Waals surface area contributed by atoms with Crippen LogP contribution in [-0.4, -0.2) is 4.98 Å². The van der Waals surface area contributed by atoms with E-state index < -0.39 is 0 Å². The summed E-state index contributed by atoms with van der Waals surface area (Å²) in [5, 5.41) is 4.67. The number of aryl methyl sites for hydroxylation is 1. The highest BCUT2D eigenvalue weighted by Gasteiger charge is 2.02. The first-order valence-corrected chi connectivity index (χ1v) is 6.47. The molecule has 0 amide bonds. The Morgan fingerprint density at radius 1 is 1.17 bits per heavy atom. The van der Waals surface area contributed by atoms with Crippen LogP contribution >= 0.6 is 23.2 Å². The van der Waals surface area contributed by atoms with Gasteiger partial charge in [0.1, 0.15) is 0 Å². The summed E-state index contributed by atoms with van der Waals surface area (Å²) in [6.45, 7) is 3.48. The van der Waals surface area contributed by atoms with Crippen LogP contribution < -0.4 is 5.32 Å². The molecule has 2 aromatic rings. The third-order valence-electron chi connectivity index (χ3n) is 2.74. The van der Waals surface area contributed by atoms with Gasteiger partial charge >= 0.3 is 0 Å². The molecule has 1 heterocycles. The molecule has 1 aromatic heterocycles. The quantitative estimate of drug-likeness (QED) is 0.916. The van der Waals surface area contributed by atoms with Crippen molar-refractivity contribution in [3.05, 3.63) is 63.4 Å². The molecule has 0 unspecified atom stereocenters. The normalized spacial score (nSPS) is 10.6. The lowest BCUT2D eigenvalue weighted by Gasteiger charge is -2.08. The van der Waals surface area contributed by atoms with Gasteiger partial charge in [0.25, 0.3) is 0 Å². The molecule has 18 heavy (non-hydrogen) atoms. The Morgan fingerprint density at radius 3 is 2.72 bits per heavy atom. The first-order valence-electron chi connectivity index (χ1n) is 5.72. The zero-order valence-corrected chi connectivity index (χ0v) is 11.6. The van der Waals surface area contributed by atoms with Gasteiger partial charge in [0, 0.05) is 29.3 Å². The number of pyridine rings is 1. The van der Waals surface area contributed by atoms with E-state index in [2.05, 4.69) is 23.3 Å². The van der Waals surface area contributed by atoms with Gasteiger partial charge in [-0.15, -0.1) is 0 Å². The monoisotopic (exact) mass is 280 g/mol. The Balaban J connectivity index is 1.95. The SMILES string of the molecule is Cc1cccnc1CNCc1ccc(Cl)cc1Cl. The average Bonchev–Trinajstić information content (AvgIpc) is 2.34. The number of nitrogens with one attached hydrogen (secondary N) is 1. The van der Waals surface area contributed by atoms with Crippen LogP contribution in [0.1, 0.15) is 16.8 Å². The Bertz CT molecular complexity index is 541. The molecule has 1 aromatic carbocycles. The van der Waals surface area contributed by atoms with Crippen LogP contribution in [0, 0.1) is 6.92 Å². The molecule has 0 saturated carbocycles. The van der Waals surface area contributed by atoms with Gasteiger partial charge in [0.05, 0.1) is 5.69 Å². The minimum atomic E-state index is 0.657. The zero-order chi connectivity index (χ0) is 13.0. The molecule has 0 bridgehead atoms. The highest BCUT2D eigenvalue weighted by Crippen LogP contribution is 2.20. The number of benzene rings is 1. The molecule has 0 aliphatic carbocycles. The van der Waals surface area contributed by atoms with E-state index in [1.54, 1.807) is 12.3 Å². The Labute approximate surface area is 117 Å². The minimum absolute atomic E-state index is 0.657. The van der Waals surface area contributed by atoms with Crippen LogP contribution in [0.3, 0.4) is 0 Å². The van der Waals surface area contributed by atoms with E-state index in [1.807, 2.05) is 18.2 Å². The van der Waals surface area contributed by atoms with Crippen molar-refractivity contribution in [1.82, 2.24) is 10.3 Å². The van der Waals surface area contributed by atoms with Crippen molar-refractivity contribution in [3.8, 4) is 0 Å². The number of nitrogens with zero attached hydrogens (tertiary/aromatic N) is 1. The van der Waals surface area contributed by atoms with Crippen molar-refractivity contribution in [3.63, 3.8) is 0 Å². The van der Waals surface area contributed by atoms with Crippen molar-refractivity contribution in [2.45, 2.75) is 20.0 Å². The molecule has 0 aliphatic rings. The fourth-order valence-electron chi connectivity index (χ4n) is 1.68. The summed E-state index contributed by atoms with van der Waals surface area (Å²) in [4.78, 5) is 4.33. The largest absolute Gasteiger partial charge is 0.307 e. The van der Waals surface area contributed by atoms with Crippen LogP contribution in [0.2, 0.25) is 10.0 Å². The third-order valence-corrected chi connectivity index (χ3v) is 3.33. The summed E-state index contributed by atoms with van der Waals surface area (Å²) in [6.07, 6.45) is 1.80. The van der Waals surface area contributed by atoms with E-state index in [0.29, 0.717) is 16.6 Å². The first-order chi connectivity index (χ1) is 8.66. The average molecular weight is 281 g/mol. The maximum atomic E-state index is 6.10. The highest BCUT2D eigenvalue weighted by atomic mass is 35.5. The van der Waals surface area contributed by atoms with E-state index in [-0.39, 0.29) is 0 Å². The number of aromatic nitrogens is 1. The second-order valence-electron chi connectivity index (χ2n) is 4.11. The zero-order valence-electron chi connectivity index (χ0n) is 10.1. The Hall–Kier alpha value is -1.09. The second-order valence-corrected chi connectivity index (χ2v) is 4.95. The lowest BCUT2D eigenvalue weighted by molar-refractivity contribution is 0.676. The molecule has 1 N–H and O–H groups in total. The van der Waals surface area contributed by atoms with Crippen molar-refractivity contribution >= 4 is 23.2 Å². The van der Waals surface area contributed by atoms with Crippen molar-refractivity contribution in [1.29, 1.82) is 0 Å². The molecule has 0 radical (unpaired) electrons. The molecule has 0 fully saturated rings. The molecular weight excluding hydrogens is 267 g/mol. The van der Waals surface area contributed by atoms with Gasteiger partial charge in [-0.05, 0) is 36.2 Å². The van der Waals surface area contributed by atoms with Crippen LogP contribution in [0.5, 0.6) is 0 Å². The van der Waals surface area contributed by atoms with Crippen LogP contribution in [0.4, 0.5) is 0 Å². The molecule has 4 heteroatoms. The fraction of sp³-hybridized carbons (Fsp3) is 0.214. The summed E-state index contributed by atoms with van der Waals surface area (Å²) < 4.78 is 0. The van der Waals surface area contributed by atoms with Crippen LogP contribution in [0.25, 0.3) is 0 Å². The minimum Gasteiger partial charge on any atom is -0.307 e. The van der Waals surface area contributed by atoms with Gasteiger partial charge < -0.3 is 5.32 Å². The number of halogens is 2. The van der Waals surface area contributed by atoms with E-state index in [9.17, 15) is 0 Å². The lowest BCUT2D eigenvalue weighted by atomic mass is 10.2. The van der Waals surface area contributed by atoms with Crippen molar-refractivity contribution in [2.75, 3.05) is 0 Å². The van der Waals surface area contributed by atoms with Gasteiger partial charge in [-0.25, -0.2) is 0 Å². The molecule has 2 nitrogen and oxygen atoms in total. The Kier molecular flexibility index (Phi) is 4.59. The fourth-order valence-corrected chi connectivity index (χ4v) is 2.16. The van der Waals surface area contributed by atoms with E-state index >= 15 is 0 Å². The summed E-state index contributed by atoms with van der Waals surface area (Å²) in [7, 11) is 0. The maximum Gasteiger partial charge on any atom is 0.0570 e. The molecule has 94 valence electrons. The predicted octanol–water partition coefficient (Wildman–Crippen LogP) is 3.99. The number of rotatable bonds is 4. The molecular formula is C14H14Cl2N2. The summed E-state index contributed by atoms with van der Waals surface area (Å²) >= 11 is 12.0. The molecule has 2 rings (SSSR count). The topological polar surface area (TPSA) is 24.9 Å². The van der Waals surface area contributed by atoms with Crippen molar-refractivity contribution < 1.29 is 0 Å². The van der Waals surface area contributed by atoms with E-state index in [4.69, 9.17) is 23.2 Å². The third kappa shape index (κ3) is 3.45. The van der Waals surface area contributed by atoms with Gasteiger partial charge in [-0.1, -0.05) is 35.3 Å². The number of hydrogen-bond acceptors (Lipinski definition) is 2. The van der Waals surface area contributed by atoms with Gasteiger partial charge in [0.15, 0.2) is 0 Å². The molecule has 0 saturated heterocycles. The van der Waals surface area contributed by atoms with Crippen LogP contribution in [-0.2, 0) is 13.1 Å². The molecule has 0 atom stereocenters. The van der Waals surface area contributed by atoms with Gasteiger partial charge in [0.2, 0.25) is 0 Å². The number of hydrogen-bond donors (Lipinski definition) is 1. The van der Waals surface area contributed by atoms with Gasteiger partial charge in [-0.2, -0.15) is 0 Å². The molecule has 0 spiro atoms. The summed E-state index contributed by atoms with van der Waals surface area (Å²) in [6, 6.07) is 9.53. The van der Waals surface area contributed by atoms with Crippen LogP contribution in [0.15, 0.2) is 36.5 Å². The Morgan fingerprint density at radius 2 is 2.00 bits per heavy atom. The maximum absolute atomic E-state index is 6.10. The first kappa shape index (κ1) is 13.3.